The topological polar surface area (TPSA) is 33.6 Å². The van der Waals surface area contributed by atoms with Crippen LogP contribution in [0.3, 0.4) is 0 Å². The Morgan fingerprint density at radius 3 is 3.00 bits per heavy atom. The highest BCUT2D eigenvalue weighted by molar-refractivity contribution is 8.13. The Morgan fingerprint density at radius 1 is 1.30 bits per heavy atom. The smallest absolute Gasteiger partial charge is 0.165 e. The van der Waals surface area contributed by atoms with Gasteiger partial charge in [0.2, 0.25) is 0 Å². The highest BCUT2D eigenvalue weighted by Gasteiger charge is 2.30. The van der Waals surface area contributed by atoms with Crippen LogP contribution in [-0.4, -0.2) is 29.6 Å². The number of halogens is 1. The summed E-state index contributed by atoms with van der Waals surface area (Å²) >= 11 is 1.67. The number of rotatable bonds is 4. The number of ether oxygens (including phenoxy) is 1. The lowest BCUT2D eigenvalue weighted by molar-refractivity contribution is 0.325. The zero-order valence-corrected chi connectivity index (χ0v) is 12.2. The number of nitrogens with one attached hydrogen (secondary N) is 1. The molecule has 0 saturated heterocycles. The van der Waals surface area contributed by atoms with Crippen LogP contribution in [0.25, 0.3) is 0 Å². The maximum absolute atomic E-state index is 13.4. The van der Waals surface area contributed by atoms with Crippen molar-refractivity contribution in [2.45, 2.75) is 37.8 Å². The summed E-state index contributed by atoms with van der Waals surface area (Å²) in [6.45, 7) is 0.488. The molecule has 1 aliphatic carbocycles. The number of hydrogen-bond acceptors (Lipinski definition) is 4. The minimum Gasteiger partial charge on any atom is -0.490 e. The summed E-state index contributed by atoms with van der Waals surface area (Å²) in [5.41, 5.74) is 0. The lowest BCUT2D eigenvalue weighted by Crippen LogP contribution is -2.36. The number of nitrogens with zero attached hydrogens (tertiary/aromatic N) is 1. The van der Waals surface area contributed by atoms with Crippen molar-refractivity contribution in [2.24, 2.45) is 4.99 Å². The predicted octanol–water partition coefficient (Wildman–Crippen LogP) is 3.21. The van der Waals surface area contributed by atoms with E-state index in [1.807, 2.05) is 0 Å². The fourth-order valence-corrected chi connectivity index (χ4v) is 3.52. The van der Waals surface area contributed by atoms with Gasteiger partial charge in [0, 0.05) is 5.75 Å². The van der Waals surface area contributed by atoms with Gasteiger partial charge in [-0.05, 0) is 25.0 Å². The molecule has 108 valence electrons. The van der Waals surface area contributed by atoms with Crippen molar-refractivity contribution >= 4 is 16.9 Å². The minimum atomic E-state index is -0.306. The van der Waals surface area contributed by atoms with Crippen molar-refractivity contribution in [2.75, 3.05) is 12.4 Å². The van der Waals surface area contributed by atoms with Gasteiger partial charge in [-0.2, -0.15) is 0 Å². The lowest BCUT2D eigenvalue weighted by atomic mass is 9.92. The number of hydrogen-bond donors (Lipinski definition) is 1. The van der Waals surface area contributed by atoms with Gasteiger partial charge >= 0.3 is 0 Å². The van der Waals surface area contributed by atoms with Crippen molar-refractivity contribution in [3.05, 3.63) is 30.1 Å². The first-order valence-corrected chi connectivity index (χ1v) is 8.16. The van der Waals surface area contributed by atoms with Gasteiger partial charge in [0.1, 0.15) is 0 Å². The van der Waals surface area contributed by atoms with E-state index in [9.17, 15) is 4.39 Å². The van der Waals surface area contributed by atoms with E-state index in [2.05, 4.69) is 5.32 Å². The molecule has 2 atom stereocenters. The summed E-state index contributed by atoms with van der Waals surface area (Å²) in [7, 11) is 0. The summed E-state index contributed by atoms with van der Waals surface area (Å²) < 4.78 is 18.8. The Balaban J connectivity index is 1.41. The molecule has 1 aliphatic heterocycles. The van der Waals surface area contributed by atoms with Crippen LogP contribution in [0.4, 0.5) is 4.39 Å². The molecule has 0 aromatic heterocycles. The molecule has 1 fully saturated rings. The van der Waals surface area contributed by atoms with Gasteiger partial charge in [0.15, 0.2) is 16.7 Å². The minimum absolute atomic E-state index is 0.306. The maximum Gasteiger partial charge on any atom is 0.165 e. The maximum atomic E-state index is 13.4. The van der Waals surface area contributed by atoms with E-state index in [-0.39, 0.29) is 5.82 Å². The second-order valence-electron chi connectivity index (χ2n) is 5.16. The first-order chi connectivity index (χ1) is 9.83. The molecular weight excluding hydrogens is 275 g/mol. The molecular formula is C15H19FN2OS. The van der Waals surface area contributed by atoms with Gasteiger partial charge in [-0.3, -0.25) is 4.99 Å². The van der Waals surface area contributed by atoms with Crippen molar-refractivity contribution < 1.29 is 9.13 Å². The van der Waals surface area contributed by atoms with Crippen LogP contribution in [0.2, 0.25) is 0 Å². The molecule has 3 rings (SSSR count). The van der Waals surface area contributed by atoms with E-state index in [1.165, 1.54) is 31.7 Å². The van der Waals surface area contributed by atoms with E-state index >= 15 is 0 Å². The lowest BCUT2D eigenvalue weighted by Gasteiger charge is -2.23. The highest BCUT2D eigenvalue weighted by atomic mass is 32.2. The molecule has 0 bridgehead atoms. The molecule has 1 heterocycles. The van der Waals surface area contributed by atoms with E-state index in [4.69, 9.17) is 9.73 Å². The first kappa shape index (κ1) is 13.7. The van der Waals surface area contributed by atoms with Crippen molar-refractivity contribution in [1.29, 1.82) is 0 Å². The van der Waals surface area contributed by atoms with E-state index in [0.717, 1.165) is 10.9 Å². The van der Waals surface area contributed by atoms with Crippen LogP contribution < -0.4 is 10.1 Å². The average Bonchev–Trinajstić information content (AvgIpc) is 2.88. The van der Waals surface area contributed by atoms with Crippen LogP contribution in [0, 0.1) is 5.82 Å². The van der Waals surface area contributed by atoms with E-state index < -0.39 is 0 Å². The van der Waals surface area contributed by atoms with Crippen LogP contribution in [0.5, 0.6) is 5.75 Å². The molecule has 0 unspecified atom stereocenters. The molecule has 1 N–H and O–H groups in total. The zero-order chi connectivity index (χ0) is 13.8. The van der Waals surface area contributed by atoms with Crippen LogP contribution in [-0.2, 0) is 0 Å². The second-order valence-corrected chi connectivity index (χ2v) is 6.25. The Hall–Kier alpha value is -1.23. The normalized spacial score (nSPS) is 24.8. The molecule has 3 nitrogen and oxygen atoms in total. The monoisotopic (exact) mass is 294 g/mol. The Morgan fingerprint density at radius 2 is 2.15 bits per heavy atom. The summed E-state index contributed by atoms with van der Waals surface area (Å²) in [6, 6.07) is 7.52. The standard InChI is InChI=1S/C15H19FN2OS/c16-11-5-1-4-8-14(11)19-9-10-20-15-17-12-6-2-3-7-13(12)18-15/h1,4-5,8,12-13H,2-3,6-7,9-10H2,(H,17,18)/t12-,13-/m1/s1. The van der Waals surface area contributed by atoms with Crippen molar-refractivity contribution in [3.63, 3.8) is 0 Å². The third-order valence-electron chi connectivity index (χ3n) is 3.74. The zero-order valence-electron chi connectivity index (χ0n) is 11.3. The quantitative estimate of drug-likeness (QED) is 0.866. The summed E-state index contributed by atoms with van der Waals surface area (Å²) in [5.74, 6) is 0.794. The molecule has 0 radical (unpaired) electrons. The molecule has 1 saturated carbocycles. The summed E-state index contributed by atoms with van der Waals surface area (Å²) in [4.78, 5) is 4.71. The Labute approximate surface area is 123 Å². The molecule has 1 aromatic rings. The number of fused-ring (bicyclic) bond motifs is 1. The number of thioether (sulfide) groups is 1. The number of para-hydroxylation sites is 1. The molecule has 2 aliphatic rings. The number of amidine groups is 1. The third kappa shape index (κ3) is 3.26. The van der Waals surface area contributed by atoms with E-state index in [0.29, 0.717) is 24.4 Å². The van der Waals surface area contributed by atoms with Gasteiger partial charge in [-0.15, -0.1) is 0 Å². The van der Waals surface area contributed by atoms with Crippen LogP contribution in [0.1, 0.15) is 25.7 Å². The average molecular weight is 294 g/mol. The van der Waals surface area contributed by atoms with Gasteiger partial charge in [0.05, 0.1) is 18.7 Å². The third-order valence-corrected chi connectivity index (χ3v) is 4.61. The highest BCUT2D eigenvalue weighted by Crippen LogP contribution is 2.27. The first-order valence-electron chi connectivity index (χ1n) is 7.17. The van der Waals surface area contributed by atoms with Gasteiger partial charge in [0.25, 0.3) is 0 Å². The molecule has 20 heavy (non-hydrogen) atoms. The Kier molecular flexibility index (Phi) is 4.45. The van der Waals surface area contributed by atoms with Crippen molar-refractivity contribution in [1.82, 2.24) is 5.32 Å². The fourth-order valence-electron chi connectivity index (χ4n) is 2.71. The summed E-state index contributed by atoms with van der Waals surface area (Å²) in [5, 5.41) is 4.51. The van der Waals surface area contributed by atoms with Crippen LogP contribution >= 0.6 is 11.8 Å². The molecule has 0 spiro atoms. The summed E-state index contributed by atoms with van der Waals surface area (Å²) in [6.07, 6.45) is 5.02. The Bertz CT molecular complexity index is 495. The fraction of sp³-hybridized carbons (Fsp3) is 0.533. The SMILES string of the molecule is Fc1ccccc1OCCSC1=N[C@@H]2CCCC[C@H]2N1. The second kappa shape index (κ2) is 6.48. The van der Waals surface area contributed by atoms with Gasteiger partial charge in [-0.25, -0.2) is 4.39 Å². The molecule has 0 amide bonds. The number of aliphatic imine (C=N–C) groups is 1. The van der Waals surface area contributed by atoms with Crippen molar-refractivity contribution in [3.8, 4) is 5.75 Å². The molecule has 5 heteroatoms. The van der Waals surface area contributed by atoms with E-state index in [1.54, 1.807) is 30.0 Å². The van der Waals surface area contributed by atoms with Gasteiger partial charge in [-0.1, -0.05) is 36.7 Å². The van der Waals surface area contributed by atoms with Gasteiger partial charge < -0.3 is 10.1 Å². The number of benzene rings is 1. The predicted molar refractivity (Wildman–Crippen MR) is 81.0 cm³/mol. The van der Waals surface area contributed by atoms with Crippen LogP contribution in [0.15, 0.2) is 29.3 Å². The largest absolute Gasteiger partial charge is 0.490 e. The molecule has 1 aromatic carbocycles.